The molecule has 3 rings (SSSR count). The Morgan fingerprint density at radius 3 is 1.94 bits per heavy atom. The van der Waals surface area contributed by atoms with E-state index in [9.17, 15) is 14.4 Å². The first kappa shape index (κ1) is 23.2. The number of benzene rings is 2. The first-order valence-corrected chi connectivity index (χ1v) is 12.3. The van der Waals surface area contributed by atoms with E-state index in [1.54, 1.807) is 26.0 Å². The number of carbonyl (C=O) groups excluding carboxylic acids is 3. The molecule has 1 aliphatic rings. The van der Waals surface area contributed by atoms with Crippen LogP contribution in [-0.2, 0) is 9.47 Å². The Balaban J connectivity index is 1.78. The van der Waals surface area contributed by atoms with Crippen LogP contribution in [0.2, 0.25) is 0 Å². The number of amides is 1. The topological polar surface area (TPSA) is 81.7 Å². The Kier molecular flexibility index (Phi) is 8.43. The second-order valence-electron chi connectivity index (χ2n) is 6.74. The highest BCUT2D eigenvalue weighted by Gasteiger charge is 2.18. The summed E-state index contributed by atoms with van der Waals surface area (Å²) in [7, 11) is 0. The maximum atomic E-state index is 12.8. The summed E-state index contributed by atoms with van der Waals surface area (Å²) in [5, 5.41) is 2.77. The molecule has 0 radical (unpaired) electrons. The van der Waals surface area contributed by atoms with E-state index in [1.807, 2.05) is 35.7 Å². The van der Waals surface area contributed by atoms with E-state index in [1.165, 1.54) is 30.2 Å². The van der Waals surface area contributed by atoms with Crippen LogP contribution in [0.5, 0.6) is 0 Å². The van der Waals surface area contributed by atoms with Crippen LogP contribution < -0.4 is 5.32 Å². The molecule has 0 aliphatic carbocycles. The standard InChI is InChI=1S/C23H25NO5S2/c1-3-28-21(26)17-12-18(22(27)29-4-2)14-19(13-17)24-20(25)15-6-8-16(9-7-15)23-30-10-5-11-31-23/h6-9,12-14,23H,3-5,10-11H2,1-2H3,(H,24,25). The van der Waals surface area contributed by atoms with Crippen molar-refractivity contribution in [3.63, 3.8) is 0 Å². The van der Waals surface area contributed by atoms with Crippen molar-refractivity contribution in [1.82, 2.24) is 0 Å². The van der Waals surface area contributed by atoms with Gasteiger partial charge in [0, 0.05) is 11.3 Å². The minimum Gasteiger partial charge on any atom is -0.462 e. The molecule has 1 aliphatic heterocycles. The molecule has 1 N–H and O–H groups in total. The maximum absolute atomic E-state index is 12.8. The van der Waals surface area contributed by atoms with E-state index in [0.717, 1.165) is 11.5 Å². The molecule has 2 aromatic rings. The van der Waals surface area contributed by atoms with Gasteiger partial charge in [0.1, 0.15) is 0 Å². The average molecular weight is 460 g/mol. The molecule has 31 heavy (non-hydrogen) atoms. The first-order valence-electron chi connectivity index (χ1n) is 10.2. The fourth-order valence-electron chi connectivity index (χ4n) is 3.04. The van der Waals surface area contributed by atoms with Crippen LogP contribution in [0.3, 0.4) is 0 Å². The van der Waals surface area contributed by atoms with E-state index in [2.05, 4.69) is 5.32 Å². The van der Waals surface area contributed by atoms with Gasteiger partial charge in [-0.25, -0.2) is 9.59 Å². The molecule has 6 nitrogen and oxygen atoms in total. The van der Waals surface area contributed by atoms with Crippen molar-refractivity contribution < 1.29 is 23.9 Å². The van der Waals surface area contributed by atoms with Gasteiger partial charge in [0.05, 0.1) is 28.9 Å². The number of ether oxygens (including phenoxy) is 2. The number of carbonyl (C=O) groups is 3. The predicted octanol–water partition coefficient (Wildman–Crippen LogP) is 5.16. The van der Waals surface area contributed by atoms with E-state index < -0.39 is 11.9 Å². The summed E-state index contributed by atoms with van der Waals surface area (Å²) in [6.07, 6.45) is 1.23. The molecule has 1 heterocycles. The van der Waals surface area contributed by atoms with Crippen molar-refractivity contribution in [1.29, 1.82) is 0 Å². The second-order valence-corrected chi connectivity index (χ2v) is 9.47. The van der Waals surface area contributed by atoms with E-state index in [4.69, 9.17) is 9.47 Å². The zero-order valence-corrected chi connectivity index (χ0v) is 19.1. The molecular formula is C23H25NO5S2. The van der Waals surface area contributed by atoms with Crippen LogP contribution in [0.1, 0.15) is 61.5 Å². The largest absolute Gasteiger partial charge is 0.462 e. The van der Waals surface area contributed by atoms with Crippen LogP contribution in [-0.4, -0.2) is 42.6 Å². The number of hydrogen-bond donors (Lipinski definition) is 1. The van der Waals surface area contributed by atoms with Crippen molar-refractivity contribution in [3.05, 3.63) is 64.7 Å². The highest BCUT2D eigenvalue weighted by Crippen LogP contribution is 2.43. The van der Waals surface area contributed by atoms with Crippen molar-refractivity contribution in [2.75, 3.05) is 30.0 Å². The minimum absolute atomic E-state index is 0.171. The molecule has 0 saturated carbocycles. The number of esters is 2. The Labute approximate surface area is 190 Å². The Morgan fingerprint density at radius 2 is 1.42 bits per heavy atom. The normalized spacial score (nSPS) is 14.0. The summed E-state index contributed by atoms with van der Waals surface area (Å²) in [4.78, 5) is 37.1. The molecule has 0 bridgehead atoms. The fourth-order valence-corrected chi connectivity index (χ4v) is 5.93. The van der Waals surface area contributed by atoms with Gasteiger partial charge in [-0.3, -0.25) is 4.79 Å². The van der Waals surface area contributed by atoms with Gasteiger partial charge in [0.2, 0.25) is 0 Å². The summed E-state index contributed by atoms with van der Waals surface area (Å²) < 4.78 is 10.5. The third kappa shape index (κ3) is 6.27. The molecule has 0 atom stereocenters. The Morgan fingerprint density at radius 1 is 0.871 bits per heavy atom. The highest BCUT2D eigenvalue weighted by molar-refractivity contribution is 8.16. The quantitative estimate of drug-likeness (QED) is 0.573. The monoisotopic (exact) mass is 459 g/mol. The second kappa shape index (κ2) is 11.2. The molecule has 0 aromatic heterocycles. The average Bonchev–Trinajstić information content (AvgIpc) is 2.80. The van der Waals surface area contributed by atoms with Crippen LogP contribution in [0, 0.1) is 0 Å². The van der Waals surface area contributed by atoms with Gasteiger partial charge in [0.25, 0.3) is 5.91 Å². The van der Waals surface area contributed by atoms with Crippen molar-refractivity contribution in [2.24, 2.45) is 0 Å². The zero-order chi connectivity index (χ0) is 22.2. The molecule has 8 heteroatoms. The minimum atomic E-state index is -0.573. The lowest BCUT2D eigenvalue weighted by Crippen LogP contribution is -2.15. The molecule has 0 spiro atoms. The third-order valence-corrected chi connectivity index (χ3v) is 7.50. The number of nitrogens with one attached hydrogen (secondary N) is 1. The van der Waals surface area contributed by atoms with Gasteiger partial charge in [0.15, 0.2) is 0 Å². The lowest BCUT2D eigenvalue weighted by Gasteiger charge is -2.21. The summed E-state index contributed by atoms with van der Waals surface area (Å²) in [5.41, 5.74) is 2.35. The van der Waals surface area contributed by atoms with Gasteiger partial charge in [-0.1, -0.05) is 12.1 Å². The molecule has 1 amide bonds. The molecular weight excluding hydrogens is 434 g/mol. The van der Waals surface area contributed by atoms with Gasteiger partial charge in [-0.15, -0.1) is 23.5 Å². The predicted molar refractivity (Wildman–Crippen MR) is 125 cm³/mol. The van der Waals surface area contributed by atoms with Crippen molar-refractivity contribution in [2.45, 2.75) is 24.9 Å². The number of rotatable bonds is 7. The van der Waals surface area contributed by atoms with Crippen molar-refractivity contribution >= 4 is 47.1 Å². The van der Waals surface area contributed by atoms with Crippen molar-refractivity contribution in [3.8, 4) is 0 Å². The summed E-state index contributed by atoms with van der Waals surface area (Å²) in [6, 6.07) is 11.9. The fraction of sp³-hybridized carbons (Fsp3) is 0.348. The maximum Gasteiger partial charge on any atom is 0.338 e. The number of hydrogen-bond acceptors (Lipinski definition) is 7. The molecule has 0 unspecified atom stereocenters. The molecule has 2 aromatic carbocycles. The third-order valence-electron chi connectivity index (χ3n) is 4.49. The van der Waals surface area contributed by atoms with Crippen LogP contribution in [0.25, 0.3) is 0 Å². The van der Waals surface area contributed by atoms with Gasteiger partial charge < -0.3 is 14.8 Å². The highest BCUT2D eigenvalue weighted by atomic mass is 32.2. The van der Waals surface area contributed by atoms with Crippen LogP contribution >= 0.6 is 23.5 Å². The lowest BCUT2D eigenvalue weighted by atomic mass is 10.1. The van der Waals surface area contributed by atoms with Gasteiger partial charge in [-0.05, 0) is 67.7 Å². The van der Waals surface area contributed by atoms with E-state index >= 15 is 0 Å². The molecule has 1 fully saturated rings. The van der Waals surface area contributed by atoms with Crippen LogP contribution in [0.15, 0.2) is 42.5 Å². The SMILES string of the molecule is CCOC(=O)c1cc(NC(=O)c2ccc(C3SCCCS3)cc2)cc(C(=O)OCC)c1. The Bertz CT molecular complexity index is 903. The summed E-state index contributed by atoms with van der Waals surface area (Å²) in [5.74, 6) is 0.831. The Hall–Kier alpha value is -2.45. The van der Waals surface area contributed by atoms with E-state index in [0.29, 0.717) is 15.8 Å². The van der Waals surface area contributed by atoms with Gasteiger partial charge in [-0.2, -0.15) is 0 Å². The van der Waals surface area contributed by atoms with E-state index in [-0.39, 0.29) is 30.2 Å². The molecule has 164 valence electrons. The summed E-state index contributed by atoms with van der Waals surface area (Å²) in [6.45, 7) is 3.80. The summed E-state index contributed by atoms with van der Waals surface area (Å²) >= 11 is 3.85. The first-order chi connectivity index (χ1) is 15.0. The number of anilines is 1. The van der Waals surface area contributed by atoms with Gasteiger partial charge >= 0.3 is 11.9 Å². The smallest absolute Gasteiger partial charge is 0.338 e. The zero-order valence-electron chi connectivity index (χ0n) is 17.5. The number of thioether (sulfide) groups is 2. The molecule has 1 saturated heterocycles. The lowest BCUT2D eigenvalue weighted by molar-refractivity contribution is 0.0525. The van der Waals surface area contributed by atoms with Crippen LogP contribution in [0.4, 0.5) is 5.69 Å².